The quantitative estimate of drug-likeness (QED) is 0.576. The predicted octanol–water partition coefficient (Wildman–Crippen LogP) is 2.96. The zero-order valence-electron chi connectivity index (χ0n) is 8.05. The van der Waals surface area contributed by atoms with Crippen molar-refractivity contribution in [3.63, 3.8) is 0 Å². The van der Waals surface area contributed by atoms with Crippen LogP contribution in [0.4, 0.5) is 0 Å². The molecule has 1 aliphatic carbocycles. The monoisotopic (exact) mass is 166 g/mol. The molecule has 0 amide bonds. The van der Waals surface area contributed by atoms with E-state index in [0.29, 0.717) is 5.92 Å². The molecule has 0 N–H and O–H groups in total. The summed E-state index contributed by atoms with van der Waals surface area (Å²) in [7, 11) is 0. The summed E-state index contributed by atoms with van der Waals surface area (Å²) in [5.74, 6) is 1.60. The van der Waals surface area contributed by atoms with Crippen molar-refractivity contribution in [1.82, 2.24) is 0 Å². The van der Waals surface area contributed by atoms with Crippen molar-refractivity contribution < 1.29 is 4.79 Å². The molecule has 2 unspecified atom stereocenters. The van der Waals surface area contributed by atoms with Gasteiger partial charge < -0.3 is 0 Å². The zero-order valence-corrected chi connectivity index (χ0v) is 8.05. The van der Waals surface area contributed by atoms with Gasteiger partial charge in [0.2, 0.25) is 0 Å². The normalized spacial score (nSPS) is 30.8. The molecule has 2 atom stereocenters. The lowest BCUT2D eigenvalue weighted by Gasteiger charge is -2.25. The van der Waals surface area contributed by atoms with Crippen molar-refractivity contribution in [3.05, 3.63) is 12.2 Å². The van der Waals surface area contributed by atoms with Crippen molar-refractivity contribution in [2.75, 3.05) is 0 Å². The first-order chi connectivity index (χ1) is 5.70. The molecule has 12 heavy (non-hydrogen) atoms. The van der Waals surface area contributed by atoms with Crippen LogP contribution < -0.4 is 0 Å². The second-order valence-electron chi connectivity index (χ2n) is 3.90. The third kappa shape index (κ3) is 2.80. The molecule has 1 fully saturated rings. The SMILES string of the molecule is CC(=O)/C=C/C1CCCCC1C. The molecule has 0 radical (unpaired) electrons. The van der Waals surface area contributed by atoms with Crippen molar-refractivity contribution in [3.8, 4) is 0 Å². The van der Waals surface area contributed by atoms with Crippen LogP contribution >= 0.6 is 0 Å². The number of hydrogen-bond acceptors (Lipinski definition) is 1. The first-order valence-corrected chi connectivity index (χ1v) is 4.89. The third-order valence-corrected chi connectivity index (χ3v) is 2.76. The van der Waals surface area contributed by atoms with E-state index in [2.05, 4.69) is 13.0 Å². The van der Waals surface area contributed by atoms with Gasteiger partial charge in [-0.3, -0.25) is 4.79 Å². The summed E-state index contributed by atoms with van der Waals surface area (Å²) in [6.07, 6.45) is 9.12. The van der Waals surface area contributed by atoms with Crippen molar-refractivity contribution >= 4 is 5.78 Å². The van der Waals surface area contributed by atoms with Crippen molar-refractivity contribution in [2.45, 2.75) is 39.5 Å². The van der Waals surface area contributed by atoms with Gasteiger partial charge in [-0.15, -0.1) is 0 Å². The van der Waals surface area contributed by atoms with Crippen LogP contribution in [0.5, 0.6) is 0 Å². The van der Waals surface area contributed by atoms with E-state index in [1.165, 1.54) is 25.7 Å². The Labute approximate surface area is 74.9 Å². The van der Waals surface area contributed by atoms with Crippen LogP contribution in [0.3, 0.4) is 0 Å². The number of rotatable bonds is 2. The number of carbonyl (C=O) groups excluding carboxylic acids is 1. The van der Waals surface area contributed by atoms with Crippen molar-refractivity contribution in [1.29, 1.82) is 0 Å². The minimum atomic E-state index is 0.174. The minimum Gasteiger partial charge on any atom is -0.295 e. The van der Waals surface area contributed by atoms with Crippen molar-refractivity contribution in [2.24, 2.45) is 11.8 Å². The summed E-state index contributed by atoms with van der Waals surface area (Å²) in [4.78, 5) is 10.7. The second kappa shape index (κ2) is 4.44. The summed E-state index contributed by atoms with van der Waals surface area (Å²) in [5.41, 5.74) is 0. The summed E-state index contributed by atoms with van der Waals surface area (Å²) in [5, 5.41) is 0. The van der Waals surface area contributed by atoms with Gasteiger partial charge in [-0.25, -0.2) is 0 Å². The Bertz CT molecular complexity index is 181. The molecule has 1 nitrogen and oxygen atoms in total. The first-order valence-electron chi connectivity index (χ1n) is 4.89. The highest BCUT2D eigenvalue weighted by atomic mass is 16.1. The number of allylic oxidation sites excluding steroid dienone is 2. The molecule has 0 heterocycles. The molecule has 1 saturated carbocycles. The number of ketones is 1. The molecule has 68 valence electrons. The molecule has 1 heteroatoms. The van der Waals surface area contributed by atoms with E-state index < -0.39 is 0 Å². The van der Waals surface area contributed by atoms with E-state index in [1.54, 1.807) is 13.0 Å². The average Bonchev–Trinajstić information content (AvgIpc) is 2.03. The maximum atomic E-state index is 10.7. The highest BCUT2D eigenvalue weighted by molar-refractivity contribution is 5.87. The molecular formula is C11H18O. The van der Waals surface area contributed by atoms with Gasteiger partial charge in [-0.1, -0.05) is 32.3 Å². The van der Waals surface area contributed by atoms with Gasteiger partial charge in [-0.2, -0.15) is 0 Å². The van der Waals surface area contributed by atoms with E-state index in [9.17, 15) is 4.79 Å². The second-order valence-corrected chi connectivity index (χ2v) is 3.90. The van der Waals surface area contributed by atoms with Gasteiger partial charge in [-0.05, 0) is 31.3 Å². The average molecular weight is 166 g/mol. The molecule has 1 rings (SSSR count). The molecule has 0 aliphatic heterocycles. The highest BCUT2D eigenvalue weighted by Crippen LogP contribution is 2.30. The predicted molar refractivity (Wildman–Crippen MR) is 50.9 cm³/mol. The van der Waals surface area contributed by atoms with E-state index in [0.717, 1.165) is 5.92 Å². The Morgan fingerprint density at radius 1 is 1.33 bits per heavy atom. The molecule has 0 aromatic heterocycles. The Kier molecular flexibility index (Phi) is 3.51. The summed E-state index contributed by atoms with van der Waals surface area (Å²) < 4.78 is 0. The van der Waals surface area contributed by atoms with Gasteiger partial charge in [0, 0.05) is 0 Å². The highest BCUT2D eigenvalue weighted by Gasteiger charge is 2.18. The Hall–Kier alpha value is -0.590. The Morgan fingerprint density at radius 3 is 2.58 bits per heavy atom. The summed E-state index contributed by atoms with van der Waals surface area (Å²) in [6, 6.07) is 0. The van der Waals surface area contributed by atoms with Crippen LogP contribution in [0, 0.1) is 11.8 Å². The molecule has 0 saturated heterocycles. The molecule has 0 spiro atoms. The lowest BCUT2D eigenvalue weighted by Crippen LogP contribution is -2.14. The summed E-state index contributed by atoms with van der Waals surface area (Å²) in [6.45, 7) is 3.90. The van der Waals surface area contributed by atoms with E-state index in [1.807, 2.05) is 0 Å². The van der Waals surface area contributed by atoms with Crippen LogP contribution in [0.1, 0.15) is 39.5 Å². The lowest BCUT2D eigenvalue weighted by molar-refractivity contribution is -0.112. The Morgan fingerprint density at radius 2 is 2.00 bits per heavy atom. The number of carbonyl (C=O) groups is 1. The fourth-order valence-corrected chi connectivity index (χ4v) is 1.89. The molecule has 0 aromatic rings. The van der Waals surface area contributed by atoms with Crippen LogP contribution in [-0.2, 0) is 4.79 Å². The van der Waals surface area contributed by atoms with Gasteiger partial charge in [0.05, 0.1) is 0 Å². The maximum Gasteiger partial charge on any atom is 0.152 e. The lowest BCUT2D eigenvalue weighted by atomic mass is 9.80. The van der Waals surface area contributed by atoms with E-state index in [-0.39, 0.29) is 5.78 Å². The van der Waals surface area contributed by atoms with Gasteiger partial charge in [0.15, 0.2) is 5.78 Å². The third-order valence-electron chi connectivity index (χ3n) is 2.76. The largest absolute Gasteiger partial charge is 0.295 e. The zero-order chi connectivity index (χ0) is 8.97. The topological polar surface area (TPSA) is 17.1 Å². The first kappa shape index (κ1) is 9.50. The van der Waals surface area contributed by atoms with Crippen LogP contribution in [0.25, 0.3) is 0 Å². The van der Waals surface area contributed by atoms with E-state index in [4.69, 9.17) is 0 Å². The molecule has 1 aliphatic rings. The standard InChI is InChI=1S/C11H18O/c1-9-5-3-4-6-11(9)8-7-10(2)12/h7-9,11H,3-6H2,1-2H3/b8-7+. The van der Waals surface area contributed by atoms with Crippen LogP contribution in [-0.4, -0.2) is 5.78 Å². The molecule has 0 bridgehead atoms. The molecule has 0 aromatic carbocycles. The Balaban J connectivity index is 2.43. The number of hydrogen-bond donors (Lipinski definition) is 0. The minimum absolute atomic E-state index is 0.174. The van der Waals surface area contributed by atoms with Crippen LogP contribution in [0.15, 0.2) is 12.2 Å². The molecular weight excluding hydrogens is 148 g/mol. The summed E-state index contributed by atoms with van der Waals surface area (Å²) >= 11 is 0. The van der Waals surface area contributed by atoms with Gasteiger partial charge in [0.1, 0.15) is 0 Å². The van der Waals surface area contributed by atoms with Crippen LogP contribution in [0.2, 0.25) is 0 Å². The van der Waals surface area contributed by atoms with Gasteiger partial charge >= 0.3 is 0 Å². The fraction of sp³-hybridized carbons (Fsp3) is 0.727. The smallest absolute Gasteiger partial charge is 0.152 e. The maximum absolute atomic E-state index is 10.7. The van der Waals surface area contributed by atoms with Gasteiger partial charge in [0.25, 0.3) is 0 Å². The fourth-order valence-electron chi connectivity index (χ4n) is 1.89. The van der Waals surface area contributed by atoms with E-state index >= 15 is 0 Å².